The molecule has 4 aromatic carbocycles. The third-order valence-corrected chi connectivity index (χ3v) is 9.80. The molecule has 1 atom stereocenters. The number of carbonyl (C=O) groups is 1. The fourth-order valence-corrected chi connectivity index (χ4v) is 7.43. The summed E-state index contributed by atoms with van der Waals surface area (Å²) in [6, 6.07) is 26.9. The lowest BCUT2D eigenvalue weighted by molar-refractivity contribution is -0.139. The summed E-state index contributed by atoms with van der Waals surface area (Å²) in [5.74, 6) is -0.476. The van der Waals surface area contributed by atoms with Crippen molar-refractivity contribution >= 4 is 68.3 Å². The Hall–Kier alpha value is -4.43. The van der Waals surface area contributed by atoms with Gasteiger partial charge in [-0.3, -0.25) is 9.36 Å². The van der Waals surface area contributed by atoms with Gasteiger partial charge in [-0.25, -0.2) is 9.79 Å². The van der Waals surface area contributed by atoms with Crippen molar-refractivity contribution in [1.82, 2.24) is 9.13 Å². The first-order valence-corrected chi connectivity index (χ1v) is 16.1. The van der Waals surface area contributed by atoms with Crippen LogP contribution in [-0.2, 0) is 16.1 Å². The lowest BCUT2D eigenvalue weighted by atomic mass is 9.91. The molecule has 9 heteroatoms. The molecule has 0 amide bonds. The molecule has 3 heterocycles. The molecule has 45 heavy (non-hydrogen) atoms. The van der Waals surface area contributed by atoms with E-state index < -0.39 is 12.0 Å². The summed E-state index contributed by atoms with van der Waals surface area (Å²) in [6.07, 6.45) is 3.96. The highest BCUT2D eigenvalue weighted by Crippen LogP contribution is 2.35. The molecule has 0 saturated heterocycles. The molecule has 0 bridgehead atoms. The lowest BCUT2D eigenvalue weighted by Crippen LogP contribution is -2.40. The van der Waals surface area contributed by atoms with Crippen LogP contribution in [0.5, 0.6) is 0 Å². The Bertz CT molecular complexity index is 2360. The van der Waals surface area contributed by atoms with E-state index in [4.69, 9.17) is 32.9 Å². The predicted molar refractivity (Wildman–Crippen MR) is 182 cm³/mol. The second kappa shape index (κ2) is 11.8. The molecule has 0 N–H and O–H groups in total. The summed E-state index contributed by atoms with van der Waals surface area (Å²) in [6.45, 7) is 4.37. The maximum absolute atomic E-state index is 14.3. The van der Waals surface area contributed by atoms with Gasteiger partial charge in [0.1, 0.15) is 0 Å². The normalized spacial score (nSPS) is 15.0. The van der Waals surface area contributed by atoms with Gasteiger partial charge in [0.2, 0.25) is 0 Å². The highest BCUT2D eigenvalue weighted by atomic mass is 35.5. The van der Waals surface area contributed by atoms with E-state index in [0.29, 0.717) is 37.2 Å². The molecule has 0 unspecified atom stereocenters. The van der Waals surface area contributed by atoms with Crippen LogP contribution >= 0.6 is 34.5 Å². The zero-order chi connectivity index (χ0) is 31.2. The van der Waals surface area contributed by atoms with Gasteiger partial charge in [0.15, 0.2) is 4.80 Å². The van der Waals surface area contributed by atoms with E-state index in [1.807, 2.05) is 85.1 Å². The number of carbonyl (C=O) groups excluding carboxylic acids is 1. The fraction of sp³-hybridized carbons (Fsp3) is 0.139. The highest BCUT2D eigenvalue weighted by Gasteiger charge is 2.34. The molecular formula is C36H27Cl2N3O3S. The molecule has 6 nitrogen and oxygen atoms in total. The number of aromatic nitrogens is 2. The average molecular weight is 653 g/mol. The van der Waals surface area contributed by atoms with Crippen LogP contribution in [0.1, 0.15) is 36.6 Å². The van der Waals surface area contributed by atoms with E-state index in [-0.39, 0.29) is 12.2 Å². The van der Waals surface area contributed by atoms with Gasteiger partial charge in [0.05, 0.1) is 38.5 Å². The van der Waals surface area contributed by atoms with Crippen molar-refractivity contribution in [3.63, 3.8) is 0 Å². The summed E-state index contributed by atoms with van der Waals surface area (Å²) >= 11 is 13.8. The minimum atomic E-state index is -0.690. The molecular weight excluding hydrogens is 625 g/mol. The second-order valence-corrected chi connectivity index (χ2v) is 12.7. The zero-order valence-corrected chi connectivity index (χ0v) is 26.8. The van der Waals surface area contributed by atoms with Crippen molar-refractivity contribution in [1.29, 1.82) is 0 Å². The molecule has 0 saturated carbocycles. The first kappa shape index (κ1) is 29.3. The van der Waals surface area contributed by atoms with Crippen molar-refractivity contribution in [2.24, 2.45) is 4.99 Å². The van der Waals surface area contributed by atoms with E-state index in [1.54, 1.807) is 24.5 Å². The monoisotopic (exact) mass is 651 g/mol. The molecule has 1 aliphatic heterocycles. The van der Waals surface area contributed by atoms with Crippen LogP contribution in [0.15, 0.2) is 112 Å². The Kier molecular flexibility index (Phi) is 7.69. The quantitative estimate of drug-likeness (QED) is 0.178. The molecule has 0 radical (unpaired) electrons. The summed E-state index contributed by atoms with van der Waals surface area (Å²) in [7, 11) is 0. The maximum Gasteiger partial charge on any atom is 0.338 e. The van der Waals surface area contributed by atoms with E-state index >= 15 is 0 Å². The number of allylic oxidation sites excluding steroid dienone is 1. The topological polar surface area (TPSA) is 65.6 Å². The average Bonchev–Trinajstić information content (AvgIpc) is 3.54. The number of fused-ring (bicyclic) bond motifs is 3. The number of rotatable bonds is 6. The number of hydrogen-bond donors (Lipinski definition) is 0. The van der Waals surface area contributed by atoms with Crippen molar-refractivity contribution in [3.05, 3.63) is 149 Å². The molecule has 1 aliphatic rings. The van der Waals surface area contributed by atoms with Gasteiger partial charge in [0.25, 0.3) is 5.56 Å². The van der Waals surface area contributed by atoms with Crippen molar-refractivity contribution in [2.75, 3.05) is 6.61 Å². The van der Waals surface area contributed by atoms with Crippen molar-refractivity contribution < 1.29 is 9.53 Å². The van der Waals surface area contributed by atoms with Gasteiger partial charge >= 0.3 is 5.97 Å². The van der Waals surface area contributed by atoms with E-state index in [9.17, 15) is 9.59 Å². The standard InChI is InChI=1S/C36H27Cl2N3O3S/c1-3-44-35(43)32-21(2)39-36-41(33(32)27-13-8-10-23-9-4-5-11-25(23)27)34(42)31(45-36)18-24-20-40(30-14-7-6-12-26(24)30)19-22-15-16-28(37)29(38)17-22/h4-18,20,33H,3,19H2,1-2H3/b31-18+/t33-/m0/s1. The molecule has 0 fully saturated rings. The SMILES string of the molecule is CCOC(=O)C1=C(C)N=c2s/c(=C/c3cn(Cc4ccc(Cl)c(Cl)c4)c4ccccc34)c(=O)n2[C@H]1c1cccc2ccccc12. The summed E-state index contributed by atoms with van der Waals surface area (Å²) < 4.78 is 9.80. The van der Waals surface area contributed by atoms with Crippen LogP contribution in [0.4, 0.5) is 0 Å². The van der Waals surface area contributed by atoms with Crippen LogP contribution in [0, 0.1) is 0 Å². The van der Waals surface area contributed by atoms with Gasteiger partial charge in [-0.2, -0.15) is 0 Å². The summed E-state index contributed by atoms with van der Waals surface area (Å²) in [5, 5.41) is 4.01. The number of hydrogen-bond acceptors (Lipinski definition) is 5. The first-order valence-electron chi connectivity index (χ1n) is 14.5. The predicted octanol–water partition coefficient (Wildman–Crippen LogP) is 7.26. The minimum Gasteiger partial charge on any atom is -0.463 e. The molecule has 0 spiro atoms. The van der Waals surface area contributed by atoms with Gasteiger partial charge in [-0.05, 0) is 60.0 Å². The van der Waals surface area contributed by atoms with E-state index in [0.717, 1.165) is 38.4 Å². The van der Waals surface area contributed by atoms with Crippen LogP contribution in [0.3, 0.4) is 0 Å². The number of esters is 1. The number of para-hydroxylation sites is 1. The molecule has 224 valence electrons. The Morgan fingerprint density at radius 2 is 1.73 bits per heavy atom. The molecule has 7 rings (SSSR count). The third kappa shape index (κ3) is 5.21. The van der Waals surface area contributed by atoms with Crippen molar-refractivity contribution in [3.8, 4) is 0 Å². The van der Waals surface area contributed by atoms with Crippen molar-refractivity contribution in [2.45, 2.75) is 26.4 Å². The zero-order valence-electron chi connectivity index (χ0n) is 24.5. The third-order valence-electron chi connectivity index (χ3n) is 8.08. The van der Waals surface area contributed by atoms with Gasteiger partial charge in [-0.1, -0.05) is 101 Å². The highest BCUT2D eigenvalue weighted by molar-refractivity contribution is 7.07. The lowest BCUT2D eigenvalue weighted by Gasteiger charge is -2.25. The number of benzene rings is 4. The Morgan fingerprint density at radius 1 is 0.978 bits per heavy atom. The largest absolute Gasteiger partial charge is 0.463 e. The Labute approximate surface area is 272 Å². The maximum atomic E-state index is 14.3. The van der Waals surface area contributed by atoms with Crippen LogP contribution in [0.2, 0.25) is 10.0 Å². The van der Waals surface area contributed by atoms with E-state index in [2.05, 4.69) is 10.6 Å². The Morgan fingerprint density at radius 3 is 2.53 bits per heavy atom. The number of thiazole rings is 1. The summed E-state index contributed by atoms with van der Waals surface area (Å²) in [4.78, 5) is 33.1. The molecule has 0 aliphatic carbocycles. The number of ether oxygens (including phenoxy) is 1. The van der Waals surface area contributed by atoms with Crippen LogP contribution < -0.4 is 14.9 Å². The fourth-order valence-electron chi connectivity index (χ4n) is 6.07. The summed E-state index contributed by atoms with van der Waals surface area (Å²) in [5.41, 5.74) is 4.47. The van der Waals surface area contributed by atoms with Gasteiger partial charge in [-0.15, -0.1) is 0 Å². The van der Waals surface area contributed by atoms with E-state index in [1.165, 1.54) is 11.3 Å². The Balaban J connectivity index is 1.41. The van der Waals surface area contributed by atoms with Crippen LogP contribution in [-0.4, -0.2) is 21.7 Å². The minimum absolute atomic E-state index is 0.215. The van der Waals surface area contributed by atoms with Crippen LogP contribution in [0.25, 0.3) is 27.8 Å². The van der Waals surface area contributed by atoms with Gasteiger partial charge < -0.3 is 9.30 Å². The number of halogens is 2. The first-order chi connectivity index (χ1) is 21.8. The van der Waals surface area contributed by atoms with Gasteiger partial charge in [0, 0.05) is 29.2 Å². The number of nitrogens with zero attached hydrogens (tertiary/aromatic N) is 3. The molecule has 6 aromatic rings. The second-order valence-electron chi connectivity index (χ2n) is 10.8. The smallest absolute Gasteiger partial charge is 0.338 e. The molecule has 2 aromatic heterocycles.